The molecule has 0 aliphatic heterocycles. The van der Waals surface area contributed by atoms with E-state index in [0.29, 0.717) is 5.82 Å². The highest BCUT2D eigenvalue weighted by atomic mass is 16.3. The van der Waals surface area contributed by atoms with Crippen molar-refractivity contribution in [2.45, 2.75) is 27.2 Å². The van der Waals surface area contributed by atoms with Gasteiger partial charge in [0.05, 0.1) is 5.69 Å². The van der Waals surface area contributed by atoms with E-state index in [1.54, 1.807) is 4.68 Å². The molecule has 0 bridgehead atoms. The van der Waals surface area contributed by atoms with E-state index >= 15 is 0 Å². The van der Waals surface area contributed by atoms with Gasteiger partial charge in [0.15, 0.2) is 5.82 Å². The van der Waals surface area contributed by atoms with Crippen LogP contribution < -0.4 is 5.32 Å². The second-order valence-corrected chi connectivity index (χ2v) is 5.67. The summed E-state index contributed by atoms with van der Waals surface area (Å²) < 4.78 is 1.70. The number of rotatable bonds is 6. The molecule has 6 heteroatoms. The van der Waals surface area contributed by atoms with Gasteiger partial charge in [-0.15, -0.1) is 10.2 Å². The molecule has 2 heterocycles. The van der Waals surface area contributed by atoms with E-state index in [-0.39, 0.29) is 12.0 Å². The maximum absolute atomic E-state index is 9.00. The molecule has 0 atom stereocenters. The third-order valence-electron chi connectivity index (χ3n) is 3.14. The number of aliphatic hydroxyl groups excluding tert-OH is 1. The Kier molecular flexibility index (Phi) is 4.34. The zero-order valence-electron chi connectivity index (χ0n) is 12.2. The van der Waals surface area contributed by atoms with Gasteiger partial charge in [0.2, 0.25) is 0 Å². The van der Waals surface area contributed by atoms with Crippen molar-refractivity contribution < 1.29 is 5.11 Å². The van der Waals surface area contributed by atoms with Crippen molar-refractivity contribution in [1.82, 2.24) is 20.0 Å². The number of hydrogen-bond acceptors (Lipinski definition) is 5. The number of aliphatic hydroxyl groups is 1. The Morgan fingerprint density at radius 3 is 2.60 bits per heavy atom. The summed E-state index contributed by atoms with van der Waals surface area (Å²) in [4.78, 5) is 0. The first-order chi connectivity index (χ1) is 9.50. The average Bonchev–Trinajstić information content (AvgIpc) is 2.84. The highest BCUT2D eigenvalue weighted by Crippen LogP contribution is 2.20. The standard InChI is InChI=1S/C14H21N5O/c1-11-6-8-19(18-11)13-5-4-12(16-17-13)15-10-14(2,3)7-9-20/h4-6,8,20H,7,9-10H2,1-3H3,(H,15,16). The van der Waals surface area contributed by atoms with Gasteiger partial charge in [0.25, 0.3) is 0 Å². The third-order valence-corrected chi connectivity index (χ3v) is 3.14. The second kappa shape index (κ2) is 6.00. The topological polar surface area (TPSA) is 75.9 Å². The number of hydrogen-bond donors (Lipinski definition) is 2. The van der Waals surface area contributed by atoms with Crippen LogP contribution in [-0.2, 0) is 0 Å². The Balaban J connectivity index is 1.98. The van der Waals surface area contributed by atoms with Crippen molar-refractivity contribution in [1.29, 1.82) is 0 Å². The first-order valence-corrected chi connectivity index (χ1v) is 6.71. The van der Waals surface area contributed by atoms with Crippen LogP contribution in [0.2, 0.25) is 0 Å². The fraction of sp³-hybridized carbons (Fsp3) is 0.500. The molecule has 0 aliphatic rings. The largest absolute Gasteiger partial charge is 0.396 e. The van der Waals surface area contributed by atoms with Crippen LogP contribution in [0.15, 0.2) is 24.4 Å². The molecule has 20 heavy (non-hydrogen) atoms. The molecule has 2 aromatic heterocycles. The van der Waals surface area contributed by atoms with E-state index < -0.39 is 0 Å². The Morgan fingerprint density at radius 1 is 1.25 bits per heavy atom. The van der Waals surface area contributed by atoms with Gasteiger partial charge in [0, 0.05) is 19.3 Å². The van der Waals surface area contributed by atoms with Crippen LogP contribution in [0.5, 0.6) is 0 Å². The minimum Gasteiger partial charge on any atom is -0.396 e. The minimum atomic E-state index is 0.0220. The Hall–Kier alpha value is -1.95. The highest BCUT2D eigenvalue weighted by molar-refractivity contribution is 5.36. The van der Waals surface area contributed by atoms with E-state index in [1.165, 1.54) is 0 Å². The lowest BCUT2D eigenvalue weighted by atomic mass is 9.90. The van der Waals surface area contributed by atoms with Gasteiger partial charge in [-0.05, 0) is 37.0 Å². The van der Waals surface area contributed by atoms with Crippen LogP contribution >= 0.6 is 0 Å². The molecular formula is C14H21N5O. The van der Waals surface area contributed by atoms with Gasteiger partial charge in [-0.3, -0.25) is 0 Å². The summed E-state index contributed by atoms with van der Waals surface area (Å²) in [6, 6.07) is 5.68. The molecular weight excluding hydrogens is 254 g/mol. The quantitative estimate of drug-likeness (QED) is 0.840. The van der Waals surface area contributed by atoms with Crippen LogP contribution in [0.25, 0.3) is 5.82 Å². The average molecular weight is 275 g/mol. The summed E-state index contributed by atoms with van der Waals surface area (Å²) in [5, 5.41) is 24.8. The van der Waals surface area contributed by atoms with Crippen molar-refractivity contribution >= 4 is 5.82 Å². The molecule has 0 saturated heterocycles. The molecule has 2 aromatic rings. The number of nitrogens with zero attached hydrogens (tertiary/aromatic N) is 4. The lowest BCUT2D eigenvalue weighted by Gasteiger charge is -2.23. The smallest absolute Gasteiger partial charge is 0.175 e. The highest BCUT2D eigenvalue weighted by Gasteiger charge is 2.16. The van der Waals surface area contributed by atoms with Crippen molar-refractivity contribution in [3.8, 4) is 5.82 Å². The third kappa shape index (κ3) is 3.77. The van der Waals surface area contributed by atoms with Gasteiger partial charge >= 0.3 is 0 Å². The lowest BCUT2D eigenvalue weighted by molar-refractivity contribution is 0.220. The molecule has 2 rings (SSSR count). The van der Waals surface area contributed by atoms with Crippen LogP contribution in [0.1, 0.15) is 26.0 Å². The van der Waals surface area contributed by atoms with Crippen LogP contribution in [0, 0.1) is 12.3 Å². The van der Waals surface area contributed by atoms with Crippen LogP contribution in [0.3, 0.4) is 0 Å². The monoisotopic (exact) mass is 275 g/mol. The van der Waals surface area contributed by atoms with Crippen molar-refractivity contribution in [2.24, 2.45) is 5.41 Å². The van der Waals surface area contributed by atoms with Gasteiger partial charge in [0.1, 0.15) is 5.82 Å². The molecule has 2 N–H and O–H groups in total. The summed E-state index contributed by atoms with van der Waals surface area (Å²) in [6.45, 7) is 7.07. The number of anilines is 1. The van der Waals surface area contributed by atoms with E-state index in [4.69, 9.17) is 5.11 Å². The Labute approximate surface area is 118 Å². The molecule has 6 nitrogen and oxygen atoms in total. The predicted molar refractivity (Wildman–Crippen MR) is 77.9 cm³/mol. The van der Waals surface area contributed by atoms with E-state index in [1.807, 2.05) is 31.3 Å². The normalized spacial score (nSPS) is 11.6. The molecule has 0 aliphatic carbocycles. The molecule has 0 amide bonds. The Morgan fingerprint density at radius 2 is 2.05 bits per heavy atom. The summed E-state index contributed by atoms with van der Waals surface area (Å²) in [7, 11) is 0. The van der Waals surface area contributed by atoms with Crippen LogP contribution in [0.4, 0.5) is 5.82 Å². The summed E-state index contributed by atoms with van der Waals surface area (Å²) in [5.74, 6) is 1.42. The minimum absolute atomic E-state index is 0.0220. The molecule has 0 saturated carbocycles. The Bertz CT molecular complexity index is 547. The SMILES string of the molecule is Cc1ccn(-c2ccc(NCC(C)(C)CCO)nn2)n1. The van der Waals surface area contributed by atoms with E-state index in [9.17, 15) is 0 Å². The van der Waals surface area contributed by atoms with Gasteiger partial charge < -0.3 is 10.4 Å². The molecule has 0 spiro atoms. The molecule has 0 fully saturated rings. The number of aromatic nitrogens is 4. The maximum atomic E-state index is 9.00. The van der Waals surface area contributed by atoms with Gasteiger partial charge in [-0.2, -0.15) is 5.10 Å². The molecule has 108 valence electrons. The number of nitrogens with one attached hydrogen (secondary N) is 1. The zero-order valence-corrected chi connectivity index (χ0v) is 12.2. The van der Waals surface area contributed by atoms with Crippen molar-refractivity contribution in [3.63, 3.8) is 0 Å². The van der Waals surface area contributed by atoms with Gasteiger partial charge in [-0.1, -0.05) is 13.8 Å². The summed E-state index contributed by atoms with van der Waals surface area (Å²) >= 11 is 0. The van der Waals surface area contributed by atoms with E-state index in [0.717, 1.165) is 24.5 Å². The summed E-state index contributed by atoms with van der Waals surface area (Å²) in [5.41, 5.74) is 0.966. The zero-order chi connectivity index (χ0) is 14.6. The second-order valence-electron chi connectivity index (χ2n) is 5.67. The van der Waals surface area contributed by atoms with Crippen molar-refractivity contribution in [2.75, 3.05) is 18.5 Å². The number of aryl methyl sites for hydroxylation is 1. The lowest BCUT2D eigenvalue weighted by Crippen LogP contribution is -2.24. The molecule has 0 radical (unpaired) electrons. The van der Waals surface area contributed by atoms with E-state index in [2.05, 4.69) is 34.5 Å². The first-order valence-electron chi connectivity index (χ1n) is 6.71. The molecule has 0 aromatic carbocycles. The van der Waals surface area contributed by atoms with Crippen LogP contribution in [-0.4, -0.2) is 38.2 Å². The first kappa shape index (κ1) is 14.5. The summed E-state index contributed by atoms with van der Waals surface area (Å²) in [6.07, 6.45) is 2.61. The van der Waals surface area contributed by atoms with Crippen molar-refractivity contribution in [3.05, 3.63) is 30.1 Å². The fourth-order valence-corrected chi connectivity index (χ4v) is 1.81. The van der Waals surface area contributed by atoms with Gasteiger partial charge in [-0.25, -0.2) is 4.68 Å². The predicted octanol–water partition coefficient (Wildman–Crippen LogP) is 1.79. The maximum Gasteiger partial charge on any atom is 0.175 e. The fourth-order valence-electron chi connectivity index (χ4n) is 1.81. The molecule has 0 unspecified atom stereocenters.